The van der Waals surface area contributed by atoms with Gasteiger partial charge in [0.1, 0.15) is 12.2 Å². The van der Waals surface area contributed by atoms with Gasteiger partial charge in [0.05, 0.1) is 0 Å². The zero-order chi connectivity index (χ0) is 16.9. The Bertz CT molecular complexity index is 443. The van der Waals surface area contributed by atoms with E-state index in [0.717, 1.165) is 57.3 Å². The van der Waals surface area contributed by atoms with Crippen LogP contribution in [-0.4, -0.2) is 65.4 Å². The Morgan fingerprint density at radius 3 is 2.50 bits per heavy atom. The van der Waals surface area contributed by atoms with Gasteiger partial charge in [-0.15, -0.1) is 34.2 Å². The molecule has 1 aromatic heterocycles. The zero-order valence-corrected chi connectivity index (χ0v) is 17.9. The maximum Gasteiger partial charge on any atom is 0.191 e. The minimum Gasteiger partial charge on any atom is -0.356 e. The van der Waals surface area contributed by atoms with Crippen LogP contribution in [0.4, 0.5) is 0 Å². The van der Waals surface area contributed by atoms with Gasteiger partial charge in [0.15, 0.2) is 5.96 Å². The van der Waals surface area contributed by atoms with Crippen molar-refractivity contribution in [2.75, 3.05) is 39.8 Å². The number of hydrogen-bond donors (Lipinski definition) is 2. The molecule has 1 rings (SSSR count). The molecule has 0 radical (unpaired) electrons. The minimum atomic E-state index is 0. The number of aliphatic imine (C=N–C) groups is 1. The van der Waals surface area contributed by atoms with Crippen molar-refractivity contribution in [1.82, 2.24) is 30.3 Å². The molecule has 2 N–H and O–H groups in total. The third-order valence-corrected chi connectivity index (χ3v) is 3.97. The van der Waals surface area contributed by atoms with Crippen molar-refractivity contribution >= 4 is 29.9 Å². The molecule has 0 saturated carbocycles. The highest BCUT2D eigenvalue weighted by Gasteiger charge is 2.02. The number of hydrogen-bond acceptors (Lipinski definition) is 4. The van der Waals surface area contributed by atoms with Crippen molar-refractivity contribution < 1.29 is 0 Å². The number of nitrogens with zero attached hydrogens (tertiary/aromatic N) is 5. The molecule has 0 spiro atoms. The van der Waals surface area contributed by atoms with E-state index in [-0.39, 0.29) is 24.0 Å². The van der Waals surface area contributed by atoms with E-state index in [1.807, 2.05) is 7.05 Å². The maximum atomic E-state index is 4.26. The number of aromatic nitrogens is 3. The van der Waals surface area contributed by atoms with Crippen LogP contribution in [0.15, 0.2) is 11.3 Å². The average molecular weight is 451 g/mol. The van der Waals surface area contributed by atoms with Gasteiger partial charge in [-0.3, -0.25) is 4.99 Å². The minimum absolute atomic E-state index is 0. The van der Waals surface area contributed by atoms with Crippen molar-refractivity contribution in [3.63, 3.8) is 0 Å². The molecule has 0 aliphatic heterocycles. The van der Waals surface area contributed by atoms with Gasteiger partial charge in [-0.25, -0.2) is 0 Å². The number of guanidine groups is 1. The average Bonchev–Trinajstić information content (AvgIpc) is 3.04. The predicted octanol–water partition coefficient (Wildman–Crippen LogP) is 1.75. The summed E-state index contributed by atoms with van der Waals surface area (Å²) in [4.78, 5) is 6.71. The van der Waals surface area contributed by atoms with Gasteiger partial charge < -0.3 is 20.1 Å². The first-order valence-corrected chi connectivity index (χ1v) is 8.78. The Morgan fingerprint density at radius 1 is 1.17 bits per heavy atom. The van der Waals surface area contributed by atoms with E-state index >= 15 is 0 Å². The topological polar surface area (TPSA) is 70.4 Å². The van der Waals surface area contributed by atoms with Crippen molar-refractivity contribution in [3.8, 4) is 0 Å². The summed E-state index contributed by atoms with van der Waals surface area (Å²) in [5.74, 6) is 1.88. The summed E-state index contributed by atoms with van der Waals surface area (Å²) < 4.78 is 2.07. The number of halogens is 1. The van der Waals surface area contributed by atoms with Crippen molar-refractivity contribution in [1.29, 1.82) is 0 Å². The second kappa shape index (κ2) is 14.4. The molecular formula is C16H34IN7. The Kier molecular flexibility index (Phi) is 13.9. The SMILES string of the molecule is CCc1nncn1CCNC(=NC)NCCCCN(CC)CC.I. The summed E-state index contributed by atoms with van der Waals surface area (Å²) in [7, 11) is 1.81. The first-order chi connectivity index (χ1) is 11.2. The van der Waals surface area contributed by atoms with Crippen LogP contribution in [0.3, 0.4) is 0 Å². The highest BCUT2D eigenvalue weighted by Crippen LogP contribution is 1.95. The van der Waals surface area contributed by atoms with Crippen LogP contribution in [0, 0.1) is 0 Å². The highest BCUT2D eigenvalue weighted by atomic mass is 127. The molecule has 0 bridgehead atoms. The molecule has 7 nitrogen and oxygen atoms in total. The molecule has 0 amide bonds. The van der Waals surface area contributed by atoms with Crippen LogP contribution in [0.25, 0.3) is 0 Å². The lowest BCUT2D eigenvalue weighted by atomic mass is 10.3. The molecule has 0 atom stereocenters. The molecule has 0 saturated heterocycles. The molecule has 140 valence electrons. The molecule has 0 unspecified atom stereocenters. The van der Waals surface area contributed by atoms with Crippen LogP contribution in [0.1, 0.15) is 39.4 Å². The zero-order valence-electron chi connectivity index (χ0n) is 15.6. The standard InChI is InChI=1S/C16H33N7.HI/c1-5-15-21-20-14-23(15)13-11-19-16(17-4)18-10-8-9-12-22(6-2)7-3;/h14H,5-13H2,1-4H3,(H2,17,18,19);1H. The lowest BCUT2D eigenvalue weighted by molar-refractivity contribution is 0.297. The molecule has 24 heavy (non-hydrogen) atoms. The molecule has 0 aromatic carbocycles. The monoisotopic (exact) mass is 451 g/mol. The summed E-state index contributed by atoms with van der Waals surface area (Å²) in [5.41, 5.74) is 0. The van der Waals surface area contributed by atoms with Gasteiger partial charge >= 0.3 is 0 Å². The van der Waals surface area contributed by atoms with E-state index in [4.69, 9.17) is 0 Å². The van der Waals surface area contributed by atoms with Crippen LogP contribution < -0.4 is 10.6 Å². The second-order valence-corrected chi connectivity index (χ2v) is 5.45. The van der Waals surface area contributed by atoms with E-state index in [2.05, 4.69) is 56.1 Å². The summed E-state index contributed by atoms with van der Waals surface area (Å²) >= 11 is 0. The molecule has 0 aliphatic rings. The number of nitrogens with one attached hydrogen (secondary N) is 2. The van der Waals surface area contributed by atoms with Crippen molar-refractivity contribution in [2.24, 2.45) is 4.99 Å². The Hall–Kier alpha value is -0.900. The summed E-state index contributed by atoms with van der Waals surface area (Å²) in [5, 5.41) is 14.7. The van der Waals surface area contributed by atoms with Crippen LogP contribution in [-0.2, 0) is 13.0 Å². The summed E-state index contributed by atoms with van der Waals surface area (Å²) in [6.07, 6.45) is 5.05. The number of rotatable bonds is 11. The quantitative estimate of drug-likeness (QED) is 0.232. The molecule has 1 heterocycles. The van der Waals surface area contributed by atoms with Gasteiger partial charge in [-0.05, 0) is 32.5 Å². The van der Waals surface area contributed by atoms with E-state index in [1.54, 1.807) is 6.33 Å². The van der Waals surface area contributed by atoms with Gasteiger partial charge in [-0.1, -0.05) is 20.8 Å². The van der Waals surface area contributed by atoms with E-state index in [9.17, 15) is 0 Å². The van der Waals surface area contributed by atoms with Gasteiger partial charge in [-0.2, -0.15) is 0 Å². The summed E-state index contributed by atoms with van der Waals surface area (Å²) in [6.45, 7) is 12.6. The van der Waals surface area contributed by atoms with Gasteiger partial charge in [0.25, 0.3) is 0 Å². The third kappa shape index (κ3) is 8.81. The fraction of sp³-hybridized carbons (Fsp3) is 0.812. The Balaban J connectivity index is 0.00000529. The lowest BCUT2D eigenvalue weighted by Gasteiger charge is -2.18. The first kappa shape index (κ1) is 23.1. The fourth-order valence-electron chi connectivity index (χ4n) is 2.46. The predicted molar refractivity (Wildman–Crippen MR) is 111 cm³/mol. The van der Waals surface area contributed by atoms with E-state index < -0.39 is 0 Å². The molecule has 0 aliphatic carbocycles. The van der Waals surface area contributed by atoms with Gasteiger partial charge in [0, 0.05) is 33.1 Å². The molecule has 0 fully saturated rings. The van der Waals surface area contributed by atoms with Crippen LogP contribution >= 0.6 is 24.0 Å². The largest absolute Gasteiger partial charge is 0.356 e. The Morgan fingerprint density at radius 2 is 1.88 bits per heavy atom. The molecule has 8 heteroatoms. The summed E-state index contributed by atoms with van der Waals surface area (Å²) in [6, 6.07) is 0. The maximum absolute atomic E-state index is 4.26. The molecular weight excluding hydrogens is 417 g/mol. The highest BCUT2D eigenvalue weighted by molar-refractivity contribution is 14.0. The first-order valence-electron chi connectivity index (χ1n) is 8.78. The van der Waals surface area contributed by atoms with Crippen LogP contribution in [0.5, 0.6) is 0 Å². The third-order valence-electron chi connectivity index (χ3n) is 3.97. The lowest BCUT2D eigenvalue weighted by Crippen LogP contribution is -2.39. The van der Waals surface area contributed by atoms with E-state index in [0.29, 0.717) is 0 Å². The molecule has 1 aromatic rings. The fourth-order valence-corrected chi connectivity index (χ4v) is 2.46. The smallest absolute Gasteiger partial charge is 0.191 e. The number of aryl methyl sites for hydroxylation is 1. The second-order valence-electron chi connectivity index (χ2n) is 5.45. The van der Waals surface area contributed by atoms with Crippen LogP contribution in [0.2, 0.25) is 0 Å². The Labute approximate surface area is 163 Å². The number of unbranched alkanes of at least 4 members (excludes halogenated alkanes) is 1. The van der Waals surface area contributed by atoms with Gasteiger partial charge in [0.2, 0.25) is 0 Å². The van der Waals surface area contributed by atoms with Crippen molar-refractivity contribution in [3.05, 3.63) is 12.2 Å². The van der Waals surface area contributed by atoms with E-state index in [1.165, 1.54) is 13.0 Å². The van der Waals surface area contributed by atoms with Crippen molar-refractivity contribution in [2.45, 2.75) is 46.6 Å². The normalized spacial score (nSPS) is 11.5.